The number of carbonyl (C=O) groups excluding carboxylic acids is 1. The summed E-state index contributed by atoms with van der Waals surface area (Å²) in [4.78, 5) is 24.6. The number of halogens is 1. The zero-order valence-corrected chi connectivity index (χ0v) is 12.9. The Morgan fingerprint density at radius 1 is 1.09 bits per heavy atom. The van der Waals surface area contributed by atoms with Gasteiger partial charge in [0.25, 0.3) is 0 Å². The van der Waals surface area contributed by atoms with Crippen LogP contribution in [0.5, 0.6) is 0 Å². The predicted molar refractivity (Wildman–Crippen MR) is 86.0 cm³/mol. The van der Waals surface area contributed by atoms with Crippen molar-refractivity contribution in [2.45, 2.75) is 6.42 Å². The molecule has 114 valence electrons. The molecule has 0 bridgehead atoms. The summed E-state index contributed by atoms with van der Waals surface area (Å²) >= 11 is 6.17. The summed E-state index contributed by atoms with van der Waals surface area (Å²) in [5, 5.41) is 0.652. The van der Waals surface area contributed by atoms with Crippen LogP contribution in [-0.2, 0) is 11.2 Å². The third-order valence-electron chi connectivity index (χ3n) is 3.78. The Labute approximate surface area is 134 Å². The standard InChI is InChI=1S/C16H17ClN4O/c17-14-2-1-5-19-16(14)21-10-8-20(9-11-21)15(22)12-13-3-6-18-7-4-13/h1-7H,8-12H2. The van der Waals surface area contributed by atoms with E-state index in [1.807, 2.05) is 29.2 Å². The van der Waals surface area contributed by atoms with Gasteiger partial charge in [-0.05, 0) is 29.8 Å². The Bertz CT molecular complexity index is 642. The lowest BCUT2D eigenvalue weighted by molar-refractivity contribution is -0.130. The molecule has 0 aromatic carbocycles. The number of amides is 1. The van der Waals surface area contributed by atoms with E-state index in [1.54, 1.807) is 18.6 Å². The van der Waals surface area contributed by atoms with Gasteiger partial charge in [0.05, 0.1) is 11.4 Å². The van der Waals surface area contributed by atoms with E-state index in [2.05, 4.69) is 14.9 Å². The molecule has 0 aliphatic carbocycles. The average Bonchev–Trinajstić information content (AvgIpc) is 2.56. The van der Waals surface area contributed by atoms with E-state index < -0.39 is 0 Å². The highest BCUT2D eigenvalue weighted by atomic mass is 35.5. The van der Waals surface area contributed by atoms with E-state index in [0.29, 0.717) is 24.5 Å². The number of hydrogen-bond acceptors (Lipinski definition) is 4. The minimum atomic E-state index is 0.151. The molecule has 1 amide bonds. The second-order valence-corrected chi connectivity index (χ2v) is 5.62. The minimum absolute atomic E-state index is 0.151. The van der Waals surface area contributed by atoms with Crippen molar-refractivity contribution in [1.82, 2.24) is 14.9 Å². The highest BCUT2D eigenvalue weighted by molar-refractivity contribution is 6.32. The number of hydrogen-bond donors (Lipinski definition) is 0. The van der Waals surface area contributed by atoms with Crippen LogP contribution in [0.4, 0.5) is 5.82 Å². The fourth-order valence-electron chi connectivity index (χ4n) is 2.56. The predicted octanol–water partition coefficient (Wildman–Crippen LogP) is 2.02. The van der Waals surface area contributed by atoms with Crippen LogP contribution < -0.4 is 4.90 Å². The summed E-state index contributed by atoms with van der Waals surface area (Å²) in [6.45, 7) is 2.88. The van der Waals surface area contributed by atoms with Crippen LogP contribution in [-0.4, -0.2) is 47.0 Å². The molecule has 1 fully saturated rings. The number of rotatable bonds is 3. The van der Waals surface area contributed by atoms with Crippen molar-refractivity contribution in [1.29, 1.82) is 0 Å². The van der Waals surface area contributed by atoms with Crippen molar-refractivity contribution in [3.63, 3.8) is 0 Å². The molecule has 3 rings (SSSR count). The number of carbonyl (C=O) groups is 1. The summed E-state index contributed by atoms with van der Waals surface area (Å²) in [6, 6.07) is 7.41. The normalized spacial score (nSPS) is 15.0. The van der Waals surface area contributed by atoms with Crippen LogP contribution in [0.1, 0.15) is 5.56 Å². The van der Waals surface area contributed by atoms with Gasteiger partial charge < -0.3 is 9.80 Å². The average molecular weight is 317 g/mol. The van der Waals surface area contributed by atoms with Gasteiger partial charge in [-0.1, -0.05) is 11.6 Å². The lowest BCUT2D eigenvalue weighted by atomic mass is 10.1. The quantitative estimate of drug-likeness (QED) is 0.869. The molecular formula is C16H17ClN4O. The van der Waals surface area contributed by atoms with Gasteiger partial charge in [-0.2, -0.15) is 0 Å². The number of pyridine rings is 2. The summed E-state index contributed by atoms with van der Waals surface area (Å²) in [6.07, 6.45) is 5.59. The first-order chi connectivity index (χ1) is 10.7. The lowest BCUT2D eigenvalue weighted by Gasteiger charge is -2.35. The van der Waals surface area contributed by atoms with E-state index in [-0.39, 0.29) is 5.91 Å². The van der Waals surface area contributed by atoms with Crippen molar-refractivity contribution in [3.8, 4) is 0 Å². The van der Waals surface area contributed by atoms with Crippen molar-refractivity contribution in [3.05, 3.63) is 53.4 Å². The van der Waals surface area contributed by atoms with Crippen LogP contribution >= 0.6 is 11.6 Å². The molecule has 22 heavy (non-hydrogen) atoms. The first-order valence-corrected chi connectivity index (χ1v) is 7.64. The highest BCUT2D eigenvalue weighted by Crippen LogP contribution is 2.23. The molecule has 0 atom stereocenters. The molecule has 1 aliphatic heterocycles. The van der Waals surface area contributed by atoms with Gasteiger partial charge in [-0.3, -0.25) is 9.78 Å². The van der Waals surface area contributed by atoms with E-state index in [9.17, 15) is 4.79 Å². The molecule has 0 N–H and O–H groups in total. The number of nitrogens with zero attached hydrogens (tertiary/aromatic N) is 4. The van der Waals surface area contributed by atoms with Crippen molar-refractivity contribution in [2.75, 3.05) is 31.1 Å². The first kappa shape index (κ1) is 14.8. The SMILES string of the molecule is O=C(Cc1ccncc1)N1CCN(c2ncccc2Cl)CC1. The third-order valence-corrected chi connectivity index (χ3v) is 4.07. The van der Waals surface area contributed by atoms with Crippen LogP contribution in [0, 0.1) is 0 Å². The molecule has 0 spiro atoms. The fraction of sp³-hybridized carbons (Fsp3) is 0.312. The molecule has 5 nitrogen and oxygen atoms in total. The van der Waals surface area contributed by atoms with Crippen LogP contribution in [0.3, 0.4) is 0 Å². The summed E-state index contributed by atoms with van der Waals surface area (Å²) in [7, 11) is 0. The van der Waals surface area contributed by atoms with E-state index in [1.165, 1.54) is 0 Å². The Kier molecular flexibility index (Phi) is 4.53. The number of piperazine rings is 1. The second kappa shape index (κ2) is 6.75. The van der Waals surface area contributed by atoms with Gasteiger partial charge in [0.15, 0.2) is 0 Å². The highest BCUT2D eigenvalue weighted by Gasteiger charge is 2.22. The van der Waals surface area contributed by atoms with Gasteiger partial charge in [0, 0.05) is 44.8 Å². The molecule has 2 aromatic heterocycles. The maximum Gasteiger partial charge on any atom is 0.227 e. The second-order valence-electron chi connectivity index (χ2n) is 5.21. The smallest absolute Gasteiger partial charge is 0.227 e. The van der Waals surface area contributed by atoms with Gasteiger partial charge >= 0.3 is 0 Å². The van der Waals surface area contributed by atoms with Gasteiger partial charge in [0.1, 0.15) is 5.82 Å². The summed E-state index contributed by atoms with van der Waals surface area (Å²) in [5.41, 5.74) is 0.996. The summed E-state index contributed by atoms with van der Waals surface area (Å²) in [5.74, 6) is 0.948. The van der Waals surface area contributed by atoms with E-state index in [0.717, 1.165) is 24.5 Å². The van der Waals surface area contributed by atoms with Gasteiger partial charge in [0.2, 0.25) is 5.91 Å². The van der Waals surface area contributed by atoms with Crippen molar-refractivity contribution >= 4 is 23.3 Å². The fourth-order valence-corrected chi connectivity index (χ4v) is 2.81. The molecule has 0 saturated carbocycles. The van der Waals surface area contributed by atoms with Crippen LogP contribution in [0.25, 0.3) is 0 Å². The zero-order chi connectivity index (χ0) is 15.4. The number of aromatic nitrogens is 2. The molecule has 6 heteroatoms. The monoisotopic (exact) mass is 316 g/mol. The molecule has 3 heterocycles. The minimum Gasteiger partial charge on any atom is -0.352 e. The molecule has 0 radical (unpaired) electrons. The molecule has 2 aromatic rings. The van der Waals surface area contributed by atoms with Gasteiger partial charge in [-0.15, -0.1) is 0 Å². The van der Waals surface area contributed by atoms with E-state index in [4.69, 9.17) is 11.6 Å². The Morgan fingerprint density at radius 2 is 1.82 bits per heavy atom. The lowest BCUT2D eigenvalue weighted by Crippen LogP contribution is -2.49. The Balaban J connectivity index is 1.58. The first-order valence-electron chi connectivity index (χ1n) is 7.26. The van der Waals surface area contributed by atoms with Crippen molar-refractivity contribution in [2.24, 2.45) is 0 Å². The van der Waals surface area contributed by atoms with Crippen LogP contribution in [0.15, 0.2) is 42.9 Å². The Morgan fingerprint density at radius 3 is 2.50 bits per heavy atom. The number of anilines is 1. The third kappa shape index (κ3) is 3.36. The van der Waals surface area contributed by atoms with E-state index >= 15 is 0 Å². The maximum atomic E-state index is 12.3. The molecule has 1 saturated heterocycles. The summed E-state index contributed by atoms with van der Waals surface area (Å²) < 4.78 is 0. The zero-order valence-electron chi connectivity index (χ0n) is 12.2. The molecular weight excluding hydrogens is 300 g/mol. The topological polar surface area (TPSA) is 49.3 Å². The molecule has 1 aliphatic rings. The largest absolute Gasteiger partial charge is 0.352 e. The maximum absolute atomic E-state index is 12.3. The van der Waals surface area contributed by atoms with Crippen molar-refractivity contribution < 1.29 is 4.79 Å². The van der Waals surface area contributed by atoms with Crippen LogP contribution in [0.2, 0.25) is 5.02 Å². The molecule has 0 unspecified atom stereocenters. The Hall–Kier alpha value is -2.14. The van der Waals surface area contributed by atoms with Gasteiger partial charge in [-0.25, -0.2) is 4.98 Å².